The summed E-state index contributed by atoms with van der Waals surface area (Å²) in [5, 5.41) is 0. The maximum absolute atomic E-state index is 12.8. The van der Waals surface area contributed by atoms with Gasteiger partial charge in [0.2, 0.25) is 0 Å². The lowest BCUT2D eigenvalue weighted by atomic mass is 10.4. The lowest BCUT2D eigenvalue weighted by Crippen LogP contribution is -2.00. The summed E-state index contributed by atoms with van der Waals surface area (Å²) in [5.41, 5.74) is 0. The maximum atomic E-state index is 12.8. The van der Waals surface area contributed by atoms with Crippen molar-refractivity contribution in [3.05, 3.63) is 30.1 Å². The molecule has 1 aromatic carbocycles. The summed E-state index contributed by atoms with van der Waals surface area (Å²) in [6.45, 7) is 0. The molecule has 84 valence electrons. The van der Waals surface area contributed by atoms with Crippen molar-refractivity contribution < 1.29 is 17.0 Å². The van der Waals surface area contributed by atoms with E-state index in [0.29, 0.717) is 0 Å². The molecule has 0 spiro atoms. The molecular weight excluding hydrogens is 265 g/mol. The molecule has 0 N–H and O–H groups in total. The lowest BCUT2D eigenvalue weighted by Gasteiger charge is -2.02. The molecule has 0 unspecified atom stereocenters. The molecule has 4 nitrogen and oxygen atoms in total. The van der Waals surface area contributed by atoms with Crippen molar-refractivity contribution in [2.24, 2.45) is 3.77 Å². The Morgan fingerprint density at radius 1 is 1.33 bits per heavy atom. The number of hydrogen-bond donors (Lipinski definition) is 0. The van der Waals surface area contributed by atoms with E-state index in [0.717, 1.165) is 18.4 Å². The minimum atomic E-state index is -4.24. The third kappa shape index (κ3) is 3.77. The number of halogens is 2. The molecule has 1 aromatic rings. The highest BCUT2D eigenvalue weighted by atomic mass is 35.7. The first kappa shape index (κ1) is 12.4. The summed E-state index contributed by atoms with van der Waals surface area (Å²) >= 11 is 0. The van der Waals surface area contributed by atoms with E-state index >= 15 is 0 Å². The fraction of sp³-hybridized carbons (Fsp3) is 0.143. The first-order chi connectivity index (χ1) is 6.71. The maximum Gasteiger partial charge on any atom is 0.347 e. The molecule has 0 bridgehead atoms. The van der Waals surface area contributed by atoms with Gasteiger partial charge in [-0.05, 0) is 18.2 Å². The average Bonchev–Trinajstić information content (AvgIpc) is 1.99. The summed E-state index contributed by atoms with van der Waals surface area (Å²) in [6, 6.07) is 4.73. The number of benzene rings is 1. The minimum absolute atomic E-state index is 0.0216. The van der Waals surface area contributed by atoms with Gasteiger partial charge in [-0.3, -0.25) is 0 Å². The Morgan fingerprint density at radius 2 is 1.93 bits per heavy atom. The molecule has 1 rings (SSSR count). The van der Waals surface area contributed by atoms with E-state index in [9.17, 15) is 17.0 Å². The molecule has 0 fully saturated rings. The van der Waals surface area contributed by atoms with Gasteiger partial charge in [-0.2, -0.15) is 8.42 Å². The van der Waals surface area contributed by atoms with Crippen LogP contribution in [0.5, 0.6) is 0 Å². The van der Waals surface area contributed by atoms with Crippen molar-refractivity contribution in [3.63, 3.8) is 0 Å². The van der Waals surface area contributed by atoms with Crippen LogP contribution in [0.15, 0.2) is 32.9 Å². The predicted molar refractivity (Wildman–Crippen MR) is 55.9 cm³/mol. The van der Waals surface area contributed by atoms with Crippen LogP contribution < -0.4 is 0 Å². The van der Waals surface area contributed by atoms with E-state index in [4.69, 9.17) is 10.7 Å². The third-order valence-corrected chi connectivity index (χ3v) is 4.95. The first-order valence-electron chi connectivity index (χ1n) is 3.64. The Labute approximate surface area is 91.8 Å². The number of hydrogen-bond acceptors (Lipinski definition) is 3. The summed E-state index contributed by atoms with van der Waals surface area (Å²) in [5.74, 6) is -0.621. The molecule has 8 heteroatoms. The topological polar surface area (TPSA) is 63.6 Å². The van der Waals surface area contributed by atoms with E-state index in [-0.39, 0.29) is 4.90 Å². The lowest BCUT2D eigenvalue weighted by molar-refractivity contribution is 0.610. The van der Waals surface area contributed by atoms with Crippen molar-refractivity contribution in [1.29, 1.82) is 0 Å². The van der Waals surface area contributed by atoms with E-state index in [2.05, 4.69) is 3.77 Å². The predicted octanol–water partition coefficient (Wildman–Crippen LogP) is 1.77. The van der Waals surface area contributed by atoms with E-state index in [1.54, 1.807) is 0 Å². The Kier molecular flexibility index (Phi) is 3.37. The van der Waals surface area contributed by atoms with Crippen LogP contribution in [0.3, 0.4) is 0 Å². The van der Waals surface area contributed by atoms with Crippen molar-refractivity contribution in [1.82, 2.24) is 0 Å². The molecule has 0 radical (unpaired) electrons. The van der Waals surface area contributed by atoms with Crippen molar-refractivity contribution in [2.45, 2.75) is 4.90 Å². The third-order valence-electron chi connectivity index (χ3n) is 1.46. The highest BCUT2D eigenvalue weighted by Gasteiger charge is 2.12. The van der Waals surface area contributed by atoms with Crippen LogP contribution in [-0.4, -0.2) is 18.9 Å². The van der Waals surface area contributed by atoms with Crippen molar-refractivity contribution in [3.8, 4) is 0 Å². The fourth-order valence-electron chi connectivity index (χ4n) is 0.916. The Hall–Kier alpha value is -0.660. The van der Waals surface area contributed by atoms with Gasteiger partial charge in [-0.25, -0.2) is 8.60 Å². The van der Waals surface area contributed by atoms with Crippen LogP contribution in [0.25, 0.3) is 0 Å². The normalized spacial score (nSPS) is 15.7. The molecule has 0 amide bonds. The molecule has 0 aliphatic rings. The Bertz CT molecular complexity index is 590. The van der Waals surface area contributed by atoms with Gasteiger partial charge in [0.25, 0.3) is 0 Å². The van der Waals surface area contributed by atoms with Gasteiger partial charge in [0.15, 0.2) is 0 Å². The zero-order valence-corrected chi connectivity index (χ0v) is 9.94. The number of nitrogens with zero attached hydrogens (tertiary/aromatic N) is 1. The molecule has 0 aliphatic carbocycles. The van der Waals surface area contributed by atoms with Gasteiger partial charge in [-0.1, -0.05) is 9.83 Å². The molecule has 0 heterocycles. The minimum Gasteiger partial charge on any atom is -0.244 e. The second-order valence-electron chi connectivity index (χ2n) is 2.75. The van der Waals surface area contributed by atoms with Crippen LogP contribution in [0.1, 0.15) is 0 Å². The smallest absolute Gasteiger partial charge is 0.244 e. The summed E-state index contributed by atoms with van der Waals surface area (Å²) in [7, 11) is -2.63. The number of rotatable bonds is 2. The standard InChI is InChI=1S/C7H7ClFNO3S2/c1-14(11,10-15(8,12)13)7-4-2-3-6(9)5-7/h2-5H,1H3/t14-/m1/s1. The summed E-state index contributed by atoms with van der Waals surface area (Å²) in [6.07, 6.45) is 1.07. The monoisotopic (exact) mass is 271 g/mol. The fourth-order valence-corrected chi connectivity index (χ4v) is 4.25. The van der Waals surface area contributed by atoms with Gasteiger partial charge in [-0.15, -0.1) is 0 Å². The Morgan fingerprint density at radius 3 is 2.40 bits per heavy atom. The van der Waals surface area contributed by atoms with E-state index in [1.165, 1.54) is 12.1 Å². The van der Waals surface area contributed by atoms with Crippen molar-refractivity contribution in [2.75, 3.05) is 6.26 Å². The first-order valence-corrected chi connectivity index (χ1v) is 7.83. The Balaban J connectivity index is 3.43. The summed E-state index contributed by atoms with van der Waals surface area (Å²) in [4.78, 5) is -0.0216. The zero-order valence-electron chi connectivity index (χ0n) is 7.55. The molecule has 15 heavy (non-hydrogen) atoms. The average molecular weight is 272 g/mol. The molecule has 0 saturated heterocycles. The van der Waals surface area contributed by atoms with Crippen LogP contribution in [-0.2, 0) is 19.0 Å². The molecule has 0 saturated carbocycles. The van der Waals surface area contributed by atoms with Gasteiger partial charge in [0.05, 0.1) is 14.6 Å². The van der Waals surface area contributed by atoms with Gasteiger partial charge in [0, 0.05) is 16.9 Å². The summed E-state index contributed by atoms with van der Waals surface area (Å²) < 4.78 is 48.8. The molecule has 0 aliphatic heterocycles. The van der Waals surface area contributed by atoms with E-state index in [1.807, 2.05) is 0 Å². The largest absolute Gasteiger partial charge is 0.347 e. The van der Waals surface area contributed by atoms with Gasteiger partial charge in [0.1, 0.15) is 5.82 Å². The highest BCUT2D eigenvalue weighted by Crippen LogP contribution is 2.15. The van der Waals surface area contributed by atoms with Gasteiger partial charge < -0.3 is 0 Å². The molecule has 0 aromatic heterocycles. The second kappa shape index (κ2) is 4.07. The van der Waals surface area contributed by atoms with Crippen LogP contribution in [0.2, 0.25) is 0 Å². The zero-order chi connectivity index (χ0) is 11.7. The van der Waals surface area contributed by atoms with Gasteiger partial charge >= 0.3 is 9.24 Å². The quantitative estimate of drug-likeness (QED) is 0.770. The van der Waals surface area contributed by atoms with Crippen LogP contribution in [0, 0.1) is 5.82 Å². The SMILES string of the molecule is C[S@](=O)(=NS(=O)(=O)Cl)c1cccc(F)c1. The second-order valence-corrected chi connectivity index (χ2v) is 7.41. The van der Waals surface area contributed by atoms with Crippen LogP contribution in [0.4, 0.5) is 4.39 Å². The van der Waals surface area contributed by atoms with Crippen LogP contribution >= 0.6 is 10.7 Å². The molecule has 1 atom stereocenters. The van der Waals surface area contributed by atoms with E-state index < -0.39 is 24.8 Å². The highest BCUT2D eigenvalue weighted by molar-refractivity contribution is 8.17. The van der Waals surface area contributed by atoms with Crippen molar-refractivity contribution >= 4 is 29.6 Å². The molecular formula is C7H7ClFNO3S2.